The maximum Gasteiger partial charge on any atom is 0.251 e. The Balaban J connectivity index is 2.17. The van der Waals surface area contributed by atoms with Crippen LogP contribution in [-0.4, -0.2) is 17.9 Å². The summed E-state index contributed by atoms with van der Waals surface area (Å²) in [4.78, 5) is 23.9. The molecule has 3 N–H and O–H groups in total. The summed E-state index contributed by atoms with van der Waals surface area (Å²) in [5.41, 5.74) is 8.75. The molecule has 4 nitrogen and oxygen atoms in total. The van der Waals surface area contributed by atoms with Crippen molar-refractivity contribution in [2.45, 2.75) is 26.3 Å². The second-order valence-electron chi connectivity index (χ2n) is 5.51. The van der Waals surface area contributed by atoms with E-state index in [1.54, 1.807) is 0 Å². The smallest absolute Gasteiger partial charge is 0.251 e. The van der Waals surface area contributed by atoms with E-state index in [-0.39, 0.29) is 5.56 Å². The second kappa shape index (κ2) is 7.05. The Bertz CT molecular complexity index is 706. The van der Waals surface area contributed by atoms with E-state index in [4.69, 9.17) is 5.73 Å². The van der Waals surface area contributed by atoms with Gasteiger partial charge < -0.3 is 11.1 Å². The molecule has 2 aromatic rings. The van der Waals surface area contributed by atoms with Crippen LogP contribution in [0.15, 0.2) is 42.5 Å². The number of primary amides is 1. The first-order valence-corrected chi connectivity index (χ1v) is 7.29. The van der Waals surface area contributed by atoms with Gasteiger partial charge in [0.25, 0.3) is 5.91 Å². The van der Waals surface area contributed by atoms with Gasteiger partial charge >= 0.3 is 0 Å². The normalized spacial score (nSPS) is 11.8. The Labute approximate surface area is 134 Å². The van der Waals surface area contributed by atoms with Crippen LogP contribution in [0.3, 0.4) is 0 Å². The Morgan fingerprint density at radius 3 is 2.17 bits per heavy atom. The molecule has 0 unspecified atom stereocenters. The first-order valence-electron chi connectivity index (χ1n) is 7.29. The predicted octanol–water partition coefficient (Wildman–Crippen LogP) is 2.27. The fraction of sp³-hybridized carbons (Fsp3) is 0.222. The number of carbonyl (C=O) groups excluding carboxylic acids is 2. The highest BCUT2D eigenvalue weighted by molar-refractivity contribution is 5.97. The first kappa shape index (κ1) is 16.7. The molecule has 0 heterocycles. The molecule has 0 radical (unpaired) electrons. The standard InChI is InChI=1S/C18H19FN2O2/c1-11-4-3-5-12(2)15(11)10-16(17(20)22)21-18(23)13-6-8-14(19)9-7-13/h3-9,16H,10H2,1-2H3,(H2,20,22)(H,21,23)/t16-/m0/s1. The summed E-state index contributed by atoms with van der Waals surface area (Å²) in [5.74, 6) is -1.49. The molecule has 0 bridgehead atoms. The van der Waals surface area contributed by atoms with Crippen molar-refractivity contribution in [1.82, 2.24) is 5.32 Å². The molecule has 0 saturated heterocycles. The van der Waals surface area contributed by atoms with Crippen molar-refractivity contribution in [2.24, 2.45) is 5.73 Å². The van der Waals surface area contributed by atoms with E-state index >= 15 is 0 Å². The molecule has 0 aliphatic rings. The third-order valence-electron chi connectivity index (χ3n) is 3.81. The van der Waals surface area contributed by atoms with Crippen LogP contribution < -0.4 is 11.1 Å². The number of carbonyl (C=O) groups is 2. The molecule has 1 atom stereocenters. The number of nitrogens with one attached hydrogen (secondary N) is 1. The second-order valence-corrected chi connectivity index (χ2v) is 5.51. The minimum atomic E-state index is -0.827. The predicted molar refractivity (Wildman–Crippen MR) is 86.5 cm³/mol. The lowest BCUT2D eigenvalue weighted by Crippen LogP contribution is -2.46. The Kier molecular flexibility index (Phi) is 5.11. The van der Waals surface area contributed by atoms with Gasteiger partial charge in [0.05, 0.1) is 0 Å². The van der Waals surface area contributed by atoms with Crippen LogP contribution >= 0.6 is 0 Å². The van der Waals surface area contributed by atoms with E-state index in [0.29, 0.717) is 6.42 Å². The molecule has 0 aliphatic heterocycles. The molecule has 2 aromatic carbocycles. The molecule has 23 heavy (non-hydrogen) atoms. The maximum atomic E-state index is 12.9. The Hall–Kier alpha value is -2.69. The van der Waals surface area contributed by atoms with Crippen molar-refractivity contribution in [1.29, 1.82) is 0 Å². The third kappa shape index (κ3) is 4.16. The van der Waals surface area contributed by atoms with Crippen molar-refractivity contribution in [2.75, 3.05) is 0 Å². The van der Waals surface area contributed by atoms with E-state index in [1.165, 1.54) is 24.3 Å². The van der Waals surface area contributed by atoms with Crippen molar-refractivity contribution < 1.29 is 14.0 Å². The summed E-state index contributed by atoms with van der Waals surface area (Å²) in [5, 5.41) is 2.62. The van der Waals surface area contributed by atoms with E-state index < -0.39 is 23.7 Å². The van der Waals surface area contributed by atoms with Gasteiger partial charge in [-0.25, -0.2) is 4.39 Å². The summed E-state index contributed by atoms with van der Waals surface area (Å²) in [6.45, 7) is 3.89. The van der Waals surface area contributed by atoms with Crippen molar-refractivity contribution >= 4 is 11.8 Å². The van der Waals surface area contributed by atoms with Crippen LogP contribution in [0, 0.1) is 19.7 Å². The van der Waals surface area contributed by atoms with E-state index in [2.05, 4.69) is 5.32 Å². The number of amides is 2. The number of hydrogen-bond acceptors (Lipinski definition) is 2. The van der Waals surface area contributed by atoms with Crippen LogP contribution in [0.25, 0.3) is 0 Å². The SMILES string of the molecule is Cc1cccc(C)c1C[C@H](NC(=O)c1ccc(F)cc1)C(N)=O. The van der Waals surface area contributed by atoms with Crippen LogP contribution in [0.1, 0.15) is 27.0 Å². The molecular weight excluding hydrogens is 295 g/mol. The number of aryl methyl sites for hydroxylation is 2. The molecule has 2 amide bonds. The molecule has 0 aliphatic carbocycles. The zero-order valence-corrected chi connectivity index (χ0v) is 13.1. The number of rotatable bonds is 5. The average molecular weight is 314 g/mol. The average Bonchev–Trinajstić information content (AvgIpc) is 2.50. The van der Waals surface area contributed by atoms with Crippen LogP contribution in [0.2, 0.25) is 0 Å². The van der Waals surface area contributed by atoms with Crippen LogP contribution in [0.5, 0.6) is 0 Å². The maximum absolute atomic E-state index is 12.9. The van der Waals surface area contributed by atoms with Gasteiger partial charge in [0.2, 0.25) is 5.91 Å². The van der Waals surface area contributed by atoms with Crippen molar-refractivity contribution in [3.05, 3.63) is 70.5 Å². The van der Waals surface area contributed by atoms with Gasteiger partial charge in [-0.15, -0.1) is 0 Å². The summed E-state index contributed by atoms with van der Waals surface area (Å²) >= 11 is 0. The highest BCUT2D eigenvalue weighted by Crippen LogP contribution is 2.15. The lowest BCUT2D eigenvalue weighted by Gasteiger charge is -2.18. The van der Waals surface area contributed by atoms with Crippen LogP contribution in [-0.2, 0) is 11.2 Å². The van der Waals surface area contributed by atoms with E-state index in [0.717, 1.165) is 16.7 Å². The third-order valence-corrected chi connectivity index (χ3v) is 3.81. The topological polar surface area (TPSA) is 72.2 Å². The summed E-state index contributed by atoms with van der Waals surface area (Å²) < 4.78 is 12.9. The largest absolute Gasteiger partial charge is 0.368 e. The van der Waals surface area contributed by atoms with Gasteiger partial charge in [-0.1, -0.05) is 18.2 Å². The molecular formula is C18H19FN2O2. The van der Waals surface area contributed by atoms with Gasteiger partial charge in [-0.3, -0.25) is 9.59 Å². The lowest BCUT2D eigenvalue weighted by molar-refractivity contribution is -0.119. The monoisotopic (exact) mass is 314 g/mol. The van der Waals surface area contributed by atoms with E-state index in [9.17, 15) is 14.0 Å². The molecule has 0 aromatic heterocycles. The van der Waals surface area contributed by atoms with E-state index in [1.807, 2.05) is 32.0 Å². The fourth-order valence-corrected chi connectivity index (χ4v) is 2.44. The molecule has 0 fully saturated rings. The summed E-state index contributed by atoms with van der Waals surface area (Å²) in [7, 11) is 0. The van der Waals surface area contributed by atoms with Crippen molar-refractivity contribution in [3.63, 3.8) is 0 Å². The number of nitrogens with two attached hydrogens (primary N) is 1. The van der Waals surface area contributed by atoms with Gasteiger partial charge in [-0.05, 0) is 54.8 Å². The fourth-order valence-electron chi connectivity index (χ4n) is 2.44. The molecule has 2 rings (SSSR count). The van der Waals surface area contributed by atoms with Crippen LogP contribution in [0.4, 0.5) is 4.39 Å². The molecule has 5 heteroatoms. The first-order chi connectivity index (χ1) is 10.9. The number of hydrogen-bond donors (Lipinski definition) is 2. The van der Waals surface area contributed by atoms with Crippen molar-refractivity contribution in [3.8, 4) is 0 Å². The molecule has 0 spiro atoms. The number of benzene rings is 2. The zero-order valence-electron chi connectivity index (χ0n) is 13.1. The highest BCUT2D eigenvalue weighted by atomic mass is 19.1. The van der Waals surface area contributed by atoms with Gasteiger partial charge in [-0.2, -0.15) is 0 Å². The minimum absolute atomic E-state index is 0.277. The molecule has 120 valence electrons. The van der Waals surface area contributed by atoms with Gasteiger partial charge in [0, 0.05) is 12.0 Å². The Morgan fingerprint density at radius 1 is 1.09 bits per heavy atom. The quantitative estimate of drug-likeness (QED) is 0.888. The zero-order chi connectivity index (χ0) is 17.0. The summed E-state index contributed by atoms with van der Waals surface area (Å²) in [6, 6.07) is 10.1. The van der Waals surface area contributed by atoms with Gasteiger partial charge in [0.15, 0.2) is 0 Å². The summed E-state index contributed by atoms with van der Waals surface area (Å²) in [6.07, 6.45) is 0.320. The minimum Gasteiger partial charge on any atom is -0.368 e. The number of halogens is 1. The van der Waals surface area contributed by atoms with Gasteiger partial charge in [0.1, 0.15) is 11.9 Å². The molecule has 0 saturated carbocycles. The highest BCUT2D eigenvalue weighted by Gasteiger charge is 2.21. The Morgan fingerprint density at radius 2 is 1.65 bits per heavy atom. The lowest BCUT2D eigenvalue weighted by atomic mass is 9.96.